The summed E-state index contributed by atoms with van der Waals surface area (Å²) in [5, 5.41) is 4.79. The lowest BCUT2D eigenvalue weighted by Gasteiger charge is -2.25. The standard InChI is InChI=1S/C18H19F2N3O5S2/c19-12-1-3-14(15(20)9-12)18(25)22-11-16(24)21-10-13-2-4-17(29-13)30(26,27)23-5-7-28-8-6-23/h1-4,9H,5-8,10-11H2,(H,21,24)(H,22,25). The van der Waals surface area contributed by atoms with Gasteiger partial charge in [0, 0.05) is 24.0 Å². The van der Waals surface area contributed by atoms with Crippen molar-refractivity contribution in [1.82, 2.24) is 14.9 Å². The van der Waals surface area contributed by atoms with E-state index in [9.17, 15) is 26.8 Å². The van der Waals surface area contributed by atoms with Crippen LogP contribution in [0.4, 0.5) is 8.78 Å². The van der Waals surface area contributed by atoms with Crippen molar-refractivity contribution in [3.63, 3.8) is 0 Å². The first-order chi connectivity index (χ1) is 14.3. The van der Waals surface area contributed by atoms with Crippen molar-refractivity contribution >= 4 is 33.2 Å². The molecular formula is C18H19F2N3O5S2. The number of hydrogen-bond acceptors (Lipinski definition) is 6. The number of nitrogens with zero attached hydrogens (tertiary/aromatic N) is 1. The average molecular weight is 459 g/mol. The first kappa shape index (κ1) is 22.3. The number of sulfonamides is 1. The number of amides is 2. The molecule has 30 heavy (non-hydrogen) atoms. The van der Waals surface area contributed by atoms with E-state index < -0.39 is 40.0 Å². The van der Waals surface area contributed by atoms with Crippen LogP contribution >= 0.6 is 11.3 Å². The number of rotatable bonds is 7. The van der Waals surface area contributed by atoms with E-state index in [1.54, 1.807) is 6.07 Å². The third-order valence-electron chi connectivity index (χ3n) is 4.25. The minimum Gasteiger partial charge on any atom is -0.379 e. The number of carbonyl (C=O) groups excluding carboxylic acids is 2. The monoisotopic (exact) mass is 459 g/mol. The maximum Gasteiger partial charge on any atom is 0.254 e. The molecule has 2 amide bonds. The molecule has 0 unspecified atom stereocenters. The summed E-state index contributed by atoms with van der Waals surface area (Å²) < 4.78 is 58.3. The molecule has 1 aliphatic rings. The van der Waals surface area contributed by atoms with Crippen LogP contribution in [0.25, 0.3) is 0 Å². The van der Waals surface area contributed by atoms with Gasteiger partial charge in [0.1, 0.15) is 15.8 Å². The van der Waals surface area contributed by atoms with Crippen molar-refractivity contribution in [3.8, 4) is 0 Å². The molecule has 1 fully saturated rings. The Hall–Kier alpha value is -2.41. The molecule has 0 spiro atoms. The van der Waals surface area contributed by atoms with E-state index >= 15 is 0 Å². The van der Waals surface area contributed by atoms with Gasteiger partial charge in [0.2, 0.25) is 5.91 Å². The van der Waals surface area contributed by atoms with Crippen LogP contribution in [-0.4, -0.2) is 57.4 Å². The highest BCUT2D eigenvalue weighted by Gasteiger charge is 2.27. The minimum atomic E-state index is -3.60. The van der Waals surface area contributed by atoms with Gasteiger partial charge in [-0.3, -0.25) is 9.59 Å². The van der Waals surface area contributed by atoms with Crippen molar-refractivity contribution in [3.05, 3.63) is 52.4 Å². The van der Waals surface area contributed by atoms with Gasteiger partial charge in [-0.25, -0.2) is 17.2 Å². The van der Waals surface area contributed by atoms with Gasteiger partial charge < -0.3 is 15.4 Å². The molecule has 2 heterocycles. The van der Waals surface area contributed by atoms with E-state index in [-0.39, 0.29) is 16.3 Å². The fourth-order valence-corrected chi connectivity index (χ4v) is 5.54. The van der Waals surface area contributed by atoms with Crippen LogP contribution < -0.4 is 10.6 Å². The quantitative estimate of drug-likeness (QED) is 0.645. The Kier molecular flexibility index (Phi) is 7.13. The number of benzene rings is 1. The van der Waals surface area contributed by atoms with Crippen LogP contribution in [0, 0.1) is 11.6 Å². The van der Waals surface area contributed by atoms with Gasteiger partial charge in [-0.2, -0.15) is 4.31 Å². The summed E-state index contributed by atoms with van der Waals surface area (Å²) in [4.78, 5) is 24.4. The smallest absolute Gasteiger partial charge is 0.254 e. The predicted octanol–water partition coefficient (Wildman–Crippen LogP) is 1.09. The number of nitrogens with one attached hydrogen (secondary N) is 2. The molecule has 0 bridgehead atoms. The third-order valence-corrected chi connectivity index (χ3v) is 7.70. The summed E-state index contributed by atoms with van der Waals surface area (Å²) in [5.74, 6) is -3.23. The van der Waals surface area contributed by atoms with Crippen LogP contribution in [0.5, 0.6) is 0 Å². The van der Waals surface area contributed by atoms with Gasteiger partial charge in [-0.05, 0) is 24.3 Å². The fourth-order valence-electron chi connectivity index (χ4n) is 2.68. The molecule has 1 saturated heterocycles. The third kappa shape index (κ3) is 5.39. The van der Waals surface area contributed by atoms with E-state index in [4.69, 9.17) is 4.74 Å². The summed E-state index contributed by atoms with van der Waals surface area (Å²) >= 11 is 1.04. The number of ether oxygens (including phenoxy) is 1. The van der Waals surface area contributed by atoms with Gasteiger partial charge in [-0.15, -0.1) is 11.3 Å². The summed E-state index contributed by atoms with van der Waals surface area (Å²) in [7, 11) is -3.60. The summed E-state index contributed by atoms with van der Waals surface area (Å²) in [6.07, 6.45) is 0. The predicted molar refractivity (Wildman–Crippen MR) is 104 cm³/mol. The number of halogens is 2. The van der Waals surface area contributed by atoms with Crippen LogP contribution in [0.3, 0.4) is 0 Å². The molecule has 0 atom stereocenters. The Balaban J connectivity index is 1.50. The van der Waals surface area contributed by atoms with E-state index in [1.807, 2.05) is 0 Å². The highest BCUT2D eigenvalue weighted by Crippen LogP contribution is 2.25. The lowest BCUT2D eigenvalue weighted by atomic mass is 10.2. The second kappa shape index (κ2) is 9.60. The van der Waals surface area contributed by atoms with Crippen molar-refractivity contribution in [2.45, 2.75) is 10.8 Å². The molecule has 162 valence electrons. The summed E-state index contributed by atoms with van der Waals surface area (Å²) in [6.45, 7) is 0.937. The molecule has 1 aliphatic heterocycles. The Morgan fingerprint density at radius 2 is 1.83 bits per heavy atom. The van der Waals surface area contributed by atoms with Crippen LogP contribution in [0.15, 0.2) is 34.5 Å². The molecule has 2 aromatic rings. The van der Waals surface area contributed by atoms with E-state index in [0.717, 1.165) is 23.5 Å². The number of thiophene rings is 1. The second-order valence-electron chi connectivity index (χ2n) is 6.32. The molecule has 8 nitrogen and oxygen atoms in total. The minimum absolute atomic E-state index is 0.0723. The molecular weight excluding hydrogens is 440 g/mol. The zero-order valence-electron chi connectivity index (χ0n) is 15.7. The highest BCUT2D eigenvalue weighted by atomic mass is 32.2. The molecule has 0 aliphatic carbocycles. The molecule has 2 N–H and O–H groups in total. The fraction of sp³-hybridized carbons (Fsp3) is 0.333. The van der Waals surface area contributed by atoms with Crippen molar-refractivity contribution < 1.29 is 31.5 Å². The van der Waals surface area contributed by atoms with Gasteiger partial charge >= 0.3 is 0 Å². The molecule has 1 aromatic heterocycles. The van der Waals surface area contributed by atoms with Gasteiger partial charge in [0.05, 0.1) is 31.9 Å². The highest BCUT2D eigenvalue weighted by molar-refractivity contribution is 7.91. The normalized spacial score (nSPS) is 15.0. The van der Waals surface area contributed by atoms with Crippen LogP contribution in [0.1, 0.15) is 15.2 Å². The Morgan fingerprint density at radius 1 is 1.10 bits per heavy atom. The molecule has 12 heteroatoms. The average Bonchev–Trinajstić information content (AvgIpc) is 3.21. The summed E-state index contributed by atoms with van der Waals surface area (Å²) in [5.41, 5.74) is -0.375. The van der Waals surface area contributed by atoms with E-state index in [2.05, 4.69) is 10.6 Å². The zero-order valence-corrected chi connectivity index (χ0v) is 17.3. The number of morpholine rings is 1. The zero-order chi connectivity index (χ0) is 21.7. The lowest BCUT2D eigenvalue weighted by molar-refractivity contribution is -0.120. The molecule has 0 radical (unpaired) electrons. The Morgan fingerprint density at radius 3 is 2.53 bits per heavy atom. The second-order valence-corrected chi connectivity index (χ2v) is 9.65. The molecule has 3 rings (SSSR count). The summed E-state index contributed by atoms with van der Waals surface area (Å²) in [6, 6.07) is 5.59. The van der Waals surface area contributed by atoms with Crippen LogP contribution in [0.2, 0.25) is 0 Å². The topological polar surface area (TPSA) is 105 Å². The SMILES string of the molecule is O=C(CNC(=O)c1ccc(F)cc1F)NCc1ccc(S(=O)(=O)N2CCOCC2)s1. The molecule has 1 aromatic carbocycles. The lowest BCUT2D eigenvalue weighted by Crippen LogP contribution is -2.40. The Bertz CT molecular complexity index is 1040. The van der Waals surface area contributed by atoms with Gasteiger partial charge in [0.25, 0.3) is 15.9 Å². The first-order valence-electron chi connectivity index (χ1n) is 8.94. The van der Waals surface area contributed by atoms with Crippen molar-refractivity contribution in [1.29, 1.82) is 0 Å². The van der Waals surface area contributed by atoms with Gasteiger partial charge in [-0.1, -0.05) is 0 Å². The Labute approximate surface area is 175 Å². The first-order valence-corrected chi connectivity index (χ1v) is 11.2. The number of hydrogen-bond donors (Lipinski definition) is 2. The van der Waals surface area contributed by atoms with Gasteiger partial charge in [0.15, 0.2) is 0 Å². The van der Waals surface area contributed by atoms with E-state index in [1.165, 1.54) is 10.4 Å². The largest absolute Gasteiger partial charge is 0.379 e. The maximum absolute atomic E-state index is 13.6. The van der Waals surface area contributed by atoms with Crippen LogP contribution in [-0.2, 0) is 26.1 Å². The number of carbonyl (C=O) groups is 2. The molecule has 0 saturated carbocycles. The maximum atomic E-state index is 13.6. The van der Waals surface area contributed by atoms with E-state index in [0.29, 0.717) is 37.2 Å². The van der Waals surface area contributed by atoms with Crippen molar-refractivity contribution in [2.75, 3.05) is 32.8 Å². The van der Waals surface area contributed by atoms with Crippen molar-refractivity contribution in [2.24, 2.45) is 0 Å².